The first-order chi connectivity index (χ1) is 17.3. The maximum Gasteiger partial charge on any atom is 0.309 e. The van der Waals surface area contributed by atoms with Gasteiger partial charge in [-0.1, -0.05) is 38.4 Å². The van der Waals surface area contributed by atoms with Crippen molar-refractivity contribution in [2.24, 2.45) is 17.3 Å². The minimum atomic E-state index is -1.32. The summed E-state index contributed by atoms with van der Waals surface area (Å²) in [6.07, 6.45) is 0.0962. The van der Waals surface area contributed by atoms with Gasteiger partial charge < -0.3 is 24.4 Å². The van der Waals surface area contributed by atoms with E-state index in [9.17, 15) is 19.8 Å². The van der Waals surface area contributed by atoms with E-state index >= 15 is 0 Å². The third kappa shape index (κ3) is 7.28. The van der Waals surface area contributed by atoms with Gasteiger partial charge in [0.1, 0.15) is 18.0 Å². The van der Waals surface area contributed by atoms with Gasteiger partial charge in [-0.2, -0.15) is 0 Å². The summed E-state index contributed by atoms with van der Waals surface area (Å²) in [6.45, 7) is 12.6. The fraction of sp³-hybridized carbons (Fsp3) is 0.667. The van der Waals surface area contributed by atoms with Gasteiger partial charge in [0.25, 0.3) is 0 Å². The Morgan fingerprint density at radius 2 is 2.05 bits per heavy atom. The van der Waals surface area contributed by atoms with Crippen LogP contribution in [0.3, 0.4) is 0 Å². The van der Waals surface area contributed by atoms with Crippen LogP contribution in [0.1, 0.15) is 57.7 Å². The Bertz CT molecular complexity index is 1020. The number of epoxide rings is 1. The molecule has 2 unspecified atom stereocenters. The quantitative estimate of drug-likeness (QED) is 0.247. The predicted octanol–water partition coefficient (Wildman–Crippen LogP) is 4.06. The van der Waals surface area contributed by atoms with Crippen LogP contribution in [0.15, 0.2) is 23.6 Å². The summed E-state index contributed by atoms with van der Waals surface area (Å²) in [5.41, 5.74) is 0.199. The number of carbonyl (C=O) groups is 2. The van der Waals surface area contributed by atoms with Gasteiger partial charge in [0, 0.05) is 23.6 Å². The smallest absolute Gasteiger partial charge is 0.309 e. The number of Topliss-reactive ketones (excluding diaryl/α,β-unsaturated/α-hetero) is 1. The molecule has 3 heterocycles. The van der Waals surface area contributed by atoms with Crippen molar-refractivity contribution in [1.82, 2.24) is 4.98 Å². The number of hydrogen-bond acceptors (Lipinski definition) is 9. The number of aliphatic hydroxyl groups is 2. The first-order valence-corrected chi connectivity index (χ1v) is 13.8. The normalized spacial score (nSPS) is 35.9. The van der Waals surface area contributed by atoms with Crippen LogP contribution in [0.25, 0.3) is 6.08 Å². The molecule has 0 saturated carbocycles. The van der Waals surface area contributed by atoms with Gasteiger partial charge in [-0.3, -0.25) is 9.59 Å². The number of ether oxygens (including phenoxy) is 3. The number of nitrogens with zero attached hydrogens (tertiary/aromatic N) is 1. The Hall–Kier alpha value is -1.62. The van der Waals surface area contributed by atoms with Crippen LogP contribution < -0.4 is 0 Å². The highest BCUT2D eigenvalue weighted by molar-refractivity contribution is 7.09. The van der Waals surface area contributed by atoms with Gasteiger partial charge in [-0.15, -0.1) is 17.9 Å². The Balaban J connectivity index is 1.88. The average molecular weight is 556 g/mol. The molecular formula is C27H38ClNO7S. The van der Waals surface area contributed by atoms with E-state index in [1.165, 1.54) is 11.3 Å². The lowest BCUT2D eigenvalue weighted by Gasteiger charge is -2.35. The zero-order chi connectivity index (χ0) is 27.5. The number of aryl methyl sites for hydroxylation is 1. The molecule has 10 heteroatoms. The van der Waals surface area contributed by atoms with Crippen molar-refractivity contribution in [3.63, 3.8) is 0 Å². The maximum absolute atomic E-state index is 13.5. The molecule has 8 nitrogen and oxygen atoms in total. The van der Waals surface area contributed by atoms with E-state index in [0.717, 1.165) is 16.3 Å². The SMILES string of the molecule is C=CC[C@H]1C(=O)C(C)(C)[C@@H](O)CC(=O)O[C@@H](/C(C)=C/c2csc(C)n2)CC2OC2(Cl)COC[C@@H](C)[C@@H]1O. The topological polar surface area (TPSA) is 118 Å². The summed E-state index contributed by atoms with van der Waals surface area (Å²) < 4.78 is 17.3. The minimum absolute atomic E-state index is 0.0786. The first-order valence-electron chi connectivity index (χ1n) is 12.5. The van der Waals surface area contributed by atoms with E-state index in [4.69, 9.17) is 25.8 Å². The number of thiazole rings is 1. The second-order valence-electron chi connectivity index (χ2n) is 10.7. The zero-order valence-corrected chi connectivity index (χ0v) is 23.7. The standard InChI is InChI=1S/C27H38ClNO7S/c1-7-8-19-24(32)16(3)12-34-14-27(28)22(36-27)10-20(15(2)9-18-13-37-17(4)29-18)35-23(31)11-21(30)26(5,6)25(19)33/h7,9,13,16,19-22,24,30,32H,1,8,10-12,14H2,2-6H3/b15-9+/t16-,19-,20-,21+,22?,24+,27?/m1/s1. The highest BCUT2D eigenvalue weighted by Gasteiger charge is 2.57. The van der Waals surface area contributed by atoms with E-state index in [1.54, 1.807) is 26.8 Å². The molecule has 2 fully saturated rings. The zero-order valence-electron chi connectivity index (χ0n) is 22.1. The summed E-state index contributed by atoms with van der Waals surface area (Å²) in [5.74, 6) is -2.22. The third-order valence-electron chi connectivity index (χ3n) is 7.24. The number of ketones is 1. The molecule has 206 valence electrons. The van der Waals surface area contributed by atoms with Gasteiger partial charge in [-0.25, -0.2) is 4.98 Å². The van der Waals surface area contributed by atoms with Crippen molar-refractivity contribution in [2.45, 2.75) is 83.4 Å². The molecule has 2 aliphatic rings. The lowest BCUT2D eigenvalue weighted by Crippen LogP contribution is -2.47. The van der Waals surface area contributed by atoms with Crippen molar-refractivity contribution in [1.29, 1.82) is 0 Å². The van der Waals surface area contributed by atoms with Gasteiger partial charge in [0.2, 0.25) is 0 Å². The Morgan fingerprint density at radius 3 is 2.68 bits per heavy atom. The predicted molar refractivity (Wildman–Crippen MR) is 142 cm³/mol. The highest BCUT2D eigenvalue weighted by Crippen LogP contribution is 2.45. The number of cyclic esters (lactones) is 1. The molecule has 3 rings (SSSR count). The van der Waals surface area contributed by atoms with E-state index < -0.39 is 52.7 Å². The van der Waals surface area contributed by atoms with Crippen LogP contribution in [0.4, 0.5) is 0 Å². The number of alkyl halides is 1. The van der Waals surface area contributed by atoms with E-state index in [2.05, 4.69) is 11.6 Å². The number of fused-ring (bicyclic) bond motifs is 1. The van der Waals surface area contributed by atoms with Crippen molar-refractivity contribution in [3.8, 4) is 0 Å². The van der Waals surface area contributed by atoms with Crippen LogP contribution in [0.5, 0.6) is 0 Å². The number of halogens is 1. The molecule has 0 radical (unpaired) electrons. The molecule has 2 aliphatic heterocycles. The highest BCUT2D eigenvalue weighted by atomic mass is 35.5. The maximum atomic E-state index is 13.5. The van der Waals surface area contributed by atoms with Crippen LogP contribution in [0.2, 0.25) is 0 Å². The number of aromatic nitrogens is 1. The summed E-state index contributed by atoms with van der Waals surface area (Å²) >= 11 is 8.12. The molecule has 37 heavy (non-hydrogen) atoms. The molecular weight excluding hydrogens is 518 g/mol. The van der Waals surface area contributed by atoms with Crippen LogP contribution >= 0.6 is 22.9 Å². The molecule has 7 atom stereocenters. The van der Waals surface area contributed by atoms with Crippen molar-refractivity contribution < 1.29 is 34.0 Å². The summed E-state index contributed by atoms with van der Waals surface area (Å²) in [7, 11) is 0. The van der Waals surface area contributed by atoms with Gasteiger partial charge in [0.15, 0.2) is 5.06 Å². The lowest BCUT2D eigenvalue weighted by atomic mass is 9.72. The summed E-state index contributed by atoms with van der Waals surface area (Å²) in [6, 6.07) is 0. The Labute approximate surface area is 227 Å². The number of allylic oxidation sites excluding steroid dienone is 1. The summed E-state index contributed by atoms with van der Waals surface area (Å²) in [5, 5.41) is 23.7. The molecule has 0 bridgehead atoms. The molecule has 1 aromatic rings. The monoisotopic (exact) mass is 555 g/mol. The van der Waals surface area contributed by atoms with Crippen molar-refractivity contribution in [3.05, 3.63) is 34.3 Å². The van der Waals surface area contributed by atoms with Gasteiger partial charge in [-0.05, 0) is 31.9 Å². The second kappa shape index (κ2) is 12.1. The van der Waals surface area contributed by atoms with Crippen molar-refractivity contribution in [2.75, 3.05) is 13.2 Å². The molecule has 2 N–H and O–H groups in total. The molecule has 0 spiro atoms. The van der Waals surface area contributed by atoms with E-state index in [1.807, 2.05) is 25.3 Å². The minimum Gasteiger partial charge on any atom is -0.458 e. The van der Waals surface area contributed by atoms with Gasteiger partial charge in [0.05, 0.1) is 48.0 Å². The number of esters is 1. The average Bonchev–Trinajstić information content (AvgIpc) is 3.27. The van der Waals surface area contributed by atoms with Crippen LogP contribution in [-0.4, -0.2) is 69.6 Å². The number of hydrogen-bond donors (Lipinski definition) is 2. The van der Waals surface area contributed by atoms with Crippen LogP contribution in [0, 0.1) is 24.2 Å². The van der Waals surface area contributed by atoms with E-state index in [0.29, 0.717) is 6.42 Å². The summed E-state index contributed by atoms with van der Waals surface area (Å²) in [4.78, 5) is 30.9. The number of aliphatic hydroxyl groups excluding tert-OH is 2. The van der Waals surface area contributed by atoms with Crippen LogP contribution in [-0.2, 0) is 23.8 Å². The fourth-order valence-corrected chi connectivity index (χ4v) is 5.41. The molecule has 1 aromatic heterocycles. The molecule has 2 saturated heterocycles. The molecule has 0 amide bonds. The number of carbonyl (C=O) groups excluding carboxylic acids is 2. The number of rotatable bonds is 4. The Kier molecular flexibility index (Phi) is 9.75. The van der Waals surface area contributed by atoms with Crippen molar-refractivity contribution >= 4 is 40.8 Å². The largest absolute Gasteiger partial charge is 0.458 e. The Morgan fingerprint density at radius 1 is 1.35 bits per heavy atom. The third-order valence-corrected chi connectivity index (χ3v) is 8.48. The molecule has 0 aliphatic carbocycles. The first kappa shape index (κ1) is 29.9. The second-order valence-corrected chi connectivity index (χ2v) is 12.4. The lowest BCUT2D eigenvalue weighted by molar-refractivity contribution is -0.154. The van der Waals surface area contributed by atoms with E-state index in [-0.39, 0.29) is 31.8 Å². The van der Waals surface area contributed by atoms with Gasteiger partial charge >= 0.3 is 5.97 Å². The fourth-order valence-electron chi connectivity index (χ4n) is 4.57. The molecule has 0 aromatic carbocycles.